The van der Waals surface area contributed by atoms with E-state index in [2.05, 4.69) is 6.58 Å². The summed E-state index contributed by atoms with van der Waals surface area (Å²) in [7, 11) is 0. The molecule has 0 saturated heterocycles. The first-order valence-electron chi connectivity index (χ1n) is 2.04. The van der Waals surface area contributed by atoms with Crippen LogP contribution in [0, 0.1) is 5.41 Å². The molecule has 0 bridgehead atoms. The first-order chi connectivity index (χ1) is 3.18. The molecule has 1 atom stereocenters. The smallest absolute Gasteiger partial charge is 0.109 e. The summed E-state index contributed by atoms with van der Waals surface area (Å²) in [5, 5.41) is 15.4. The first-order valence-corrected chi connectivity index (χ1v) is 2.04. The zero-order chi connectivity index (χ0) is 5.86. The summed E-state index contributed by atoms with van der Waals surface area (Å²) in [6, 6.07) is 0. The molecule has 7 heavy (non-hydrogen) atoms. The highest BCUT2D eigenvalue weighted by atomic mass is 16.3. The zero-order valence-electron chi connectivity index (χ0n) is 4.31. The molecule has 0 spiro atoms. The predicted molar refractivity (Wildman–Crippen MR) is 29.6 cm³/mol. The maximum Gasteiger partial charge on any atom is 0.109 e. The minimum atomic E-state index is -0.750. The second-order valence-corrected chi connectivity index (χ2v) is 1.36. The van der Waals surface area contributed by atoms with Gasteiger partial charge >= 0.3 is 0 Å². The third-order valence-electron chi connectivity index (χ3n) is 0.667. The van der Waals surface area contributed by atoms with Crippen LogP contribution in [-0.4, -0.2) is 16.9 Å². The van der Waals surface area contributed by atoms with Gasteiger partial charge in [-0.05, 0) is 6.92 Å². The lowest BCUT2D eigenvalue weighted by Crippen LogP contribution is -2.11. The van der Waals surface area contributed by atoms with Crippen molar-refractivity contribution in [2.75, 3.05) is 0 Å². The van der Waals surface area contributed by atoms with Gasteiger partial charge in [-0.3, -0.25) is 0 Å². The lowest BCUT2D eigenvalue weighted by molar-refractivity contribution is 0.288. The van der Waals surface area contributed by atoms with Crippen LogP contribution in [0.2, 0.25) is 0 Å². The molecular formula is C5H9NO. The van der Waals surface area contributed by atoms with Crippen LogP contribution in [0.1, 0.15) is 6.92 Å². The molecule has 2 nitrogen and oxygen atoms in total. The van der Waals surface area contributed by atoms with Gasteiger partial charge in [0.1, 0.15) is 6.10 Å². The largest absolute Gasteiger partial charge is 0.383 e. The van der Waals surface area contributed by atoms with Gasteiger partial charge in [-0.1, -0.05) is 6.08 Å². The van der Waals surface area contributed by atoms with Crippen LogP contribution in [-0.2, 0) is 0 Å². The van der Waals surface area contributed by atoms with E-state index in [1.54, 1.807) is 0 Å². The van der Waals surface area contributed by atoms with Crippen molar-refractivity contribution in [2.24, 2.45) is 0 Å². The molecule has 1 unspecified atom stereocenters. The first kappa shape index (κ1) is 6.37. The third-order valence-corrected chi connectivity index (χ3v) is 0.667. The van der Waals surface area contributed by atoms with Crippen LogP contribution in [0.4, 0.5) is 0 Å². The molecular weight excluding hydrogens is 90.1 g/mol. The number of aliphatic hydroxyl groups is 1. The lowest BCUT2D eigenvalue weighted by atomic mass is 10.2. The number of aliphatic hydroxyl groups excluding tert-OH is 1. The average Bonchev–Trinajstić information content (AvgIpc) is 1.65. The highest BCUT2D eigenvalue weighted by Crippen LogP contribution is 1.82. The quantitative estimate of drug-likeness (QED) is 0.386. The van der Waals surface area contributed by atoms with E-state index >= 15 is 0 Å². The van der Waals surface area contributed by atoms with Gasteiger partial charge < -0.3 is 10.5 Å². The minimum absolute atomic E-state index is 0.231. The molecule has 0 saturated carbocycles. The van der Waals surface area contributed by atoms with Crippen LogP contribution < -0.4 is 0 Å². The van der Waals surface area contributed by atoms with E-state index in [4.69, 9.17) is 10.5 Å². The maximum atomic E-state index is 8.59. The van der Waals surface area contributed by atoms with Crippen LogP contribution in [0.3, 0.4) is 0 Å². The zero-order valence-corrected chi connectivity index (χ0v) is 4.31. The van der Waals surface area contributed by atoms with Crippen LogP contribution in [0.25, 0.3) is 0 Å². The van der Waals surface area contributed by atoms with E-state index in [-0.39, 0.29) is 5.71 Å². The van der Waals surface area contributed by atoms with Crippen molar-refractivity contribution in [2.45, 2.75) is 13.0 Å². The summed E-state index contributed by atoms with van der Waals surface area (Å²) in [6.07, 6.45) is 0.572. The Labute approximate surface area is 43.0 Å². The summed E-state index contributed by atoms with van der Waals surface area (Å²) in [4.78, 5) is 0. The maximum absolute atomic E-state index is 8.59. The Bertz CT molecular complexity index is 88.1. The fraction of sp³-hybridized carbons (Fsp3) is 0.400. The van der Waals surface area contributed by atoms with Crippen LogP contribution in [0.15, 0.2) is 12.7 Å². The van der Waals surface area contributed by atoms with Crippen molar-refractivity contribution in [3.63, 3.8) is 0 Å². The molecule has 2 heteroatoms. The van der Waals surface area contributed by atoms with E-state index < -0.39 is 6.10 Å². The van der Waals surface area contributed by atoms with Crippen molar-refractivity contribution in [1.29, 1.82) is 5.41 Å². The molecule has 0 fully saturated rings. The molecule has 0 amide bonds. The van der Waals surface area contributed by atoms with Gasteiger partial charge in [0.15, 0.2) is 0 Å². The normalized spacial score (nSPS) is 12.9. The fourth-order valence-corrected chi connectivity index (χ4v) is 0.177. The van der Waals surface area contributed by atoms with Crippen LogP contribution >= 0.6 is 0 Å². The summed E-state index contributed by atoms with van der Waals surface area (Å²) in [5.41, 5.74) is 0.231. The number of nitrogens with one attached hydrogen (secondary N) is 1. The predicted octanol–water partition coefficient (Wildman–Crippen LogP) is 0.573. The molecule has 0 radical (unpaired) electrons. The van der Waals surface area contributed by atoms with Crippen molar-refractivity contribution in [1.82, 2.24) is 0 Å². The monoisotopic (exact) mass is 99.1 g/mol. The van der Waals surface area contributed by atoms with Crippen molar-refractivity contribution in [3.8, 4) is 0 Å². The Kier molecular flexibility index (Phi) is 2.30. The molecule has 2 N–H and O–H groups in total. The molecule has 0 aromatic heterocycles. The number of hydrogen-bond acceptors (Lipinski definition) is 2. The second-order valence-electron chi connectivity index (χ2n) is 1.36. The Morgan fingerprint density at radius 3 is 2.43 bits per heavy atom. The Balaban J connectivity index is 3.55. The fourth-order valence-electron chi connectivity index (χ4n) is 0.177. The van der Waals surface area contributed by atoms with Gasteiger partial charge in [-0.15, -0.1) is 6.58 Å². The summed E-state index contributed by atoms with van der Waals surface area (Å²) in [5.74, 6) is 0. The minimum Gasteiger partial charge on any atom is -0.383 e. The molecule has 0 heterocycles. The molecule has 0 aliphatic carbocycles. The summed E-state index contributed by atoms with van der Waals surface area (Å²) in [6.45, 7) is 4.83. The van der Waals surface area contributed by atoms with Gasteiger partial charge in [0.25, 0.3) is 0 Å². The van der Waals surface area contributed by atoms with Gasteiger partial charge in [0, 0.05) is 5.71 Å². The van der Waals surface area contributed by atoms with Gasteiger partial charge in [0.2, 0.25) is 0 Å². The second kappa shape index (κ2) is 2.53. The van der Waals surface area contributed by atoms with E-state index in [9.17, 15) is 0 Å². The number of rotatable bonds is 2. The molecule has 0 aromatic rings. The molecule has 0 rings (SSSR count). The van der Waals surface area contributed by atoms with Crippen molar-refractivity contribution >= 4 is 5.71 Å². The van der Waals surface area contributed by atoms with Gasteiger partial charge in [-0.2, -0.15) is 0 Å². The Morgan fingerprint density at radius 2 is 2.43 bits per heavy atom. The standard InChI is InChI=1S/C5H9NO/c1-3-5(7)4(2)6/h3,5-7H,1H2,2H3. The highest BCUT2D eigenvalue weighted by Gasteiger charge is 1.95. The summed E-state index contributed by atoms with van der Waals surface area (Å²) < 4.78 is 0. The van der Waals surface area contributed by atoms with E-state index in [0.29, 0.717) is 0 Å². The molecule has 40 valence electrons. The topological polar surface area (TPSA) is 44.1 Å². The Morgan fingerprint density at radius 1 is 2.00 bits per heavy atom. The van der Waals surface area contributed by atoms with E-state index in [0.717, 1.165) is 0 Å². The number of hydrogen-bond donors (Lipinski definition) is 2. The molecule has 0 aliphatic rings. The average molecular weight is 99.1 g/mol. The Hall–Kier alpha value is -0.630. The lowest BCUT2D eigenvalue weighted by Gasteiger charge is -1.97. The van der Waals surface area contributed by atoms with E-state index in [1.165, 1.54) is 13.0 Å². The summed E-state index contributed by atoms with van der Waals surface area (Å²) >= 11 is 0. The third kappa shape index (κ3) is 2.11. The van der Waals surface area contributed by atoms with E-state index in [1.807, 2.05) is 0 Å². The highest BCUT2D eigenvalue weighted by molar-refractivity contribution is 5.84. The van der Waals surface area contributed by atoms with Gasteiger partial charge in [-0.25, -0.2) is 0 Å². The van der Waals surface area contributed by atoms with Gasteiger partial charge in [0.05, 0.1) is 0 Å². The van der Waals surface area contributed by atoms with Crippen molar-refractivity contribution < 1.29 is 5.11 Å². The molecule has 0 aliphatic heterocycles. The SMILES string of the molecule is C=CC(O)C(C)=N. The molecule has 0 aromatic carbocycles. The van der Waals surface area contributed by atoms with Crippen LogP contribution in [0.5, 0.6) is 0 Å². The van der Waals surface area contributed by atoms with Crippen molar-refractivity contribution in [3.05, 3.63) is 12.7 Å².